The molecule has 1 aliphatic carbocycles. The maximum Gasteiger partial charge on any atom is -0.0273 e. The highest BCUT2D eigenvalue weighted by molar-refractivity contribution is 5.09. The first-order valence-electron chi connectivity index (χ1n) is 5.53. The van der Waals surface area contributed by atoms with Crippen molar-refractivity contribution >= 4 is 0 Å². The number of rotatable bonds is 0. The van der Waals surface area contributed by atoms with Gasteiger partial charge in [0.1, 0.15) is 0 Å². The fraction of sp³-hybridized carbons (Fsp3) is 0.429. The summed E-state index contributed by atoms with van der Waals surface area (Å²) < 4.78 is 0. The standard InChI is InChI=1S/C14H19/c1-2-4-6-8-10-12-14-13-11-9-7-5-3-1/h1-5,12,14H,6,8-11,13H2/b3-1-,4-2+,7-5?,14-12-. The van der Waals surface area contributed by atoms with Crippen LogP contribution in [0.25, 0.3) is 0 Å². The normalized spacial score (nSPS) is 28.6. The highest BCUT2D eigenvalue weighted by Gasteiger charge is 1.83. The summed E-state index contributed by atoms with van der Waals surface area (Å²) in [7, 11) is 0. The van der Waals surface area contributed by atoms with E-state index in [0.717, 1.165) is 6.42 Å². The monoisotopic (exact) mass is 187 g/mol. The topological polar surface area (TPSA) is 0 Å². The van der Waals surface area contributed by atoms with Crippen molar-refractivity contribution in [2.45, 2.75) is 38.5 Å². The van der Waals surface area contributed by atoms with Crippen molar-refractivity contribution in [3.05, 3.63) is 48.6 Å². The summed E-state index contributed by atoms with van der Waals surface area (Å²) in [4.78, 5) is 0. The van der Waals surface area contributed by atoms with Crippen LogP contribution in [0.1, 0.15) is 38.5 Å². The maximum absolute atomic E-state index is 3.26. The molecule has 0 spiro atoms. The smallest absolute Gasteiger partial charge is 0.0273 e. The van der Waals surface area contributed by atoms with Crippen molar-refractivity contribution in [1.29, 1.82) is 0 Å². The summed E-state index contributed by atoms with van der Waals surface area (Å²) in [5, 5.41) is 0. The molecule has 0 atom stereocenters. The van der Waals surface area contributed by atoms with E-state index >= 15 is 0 Å². The Morgan fingerprint density at radius 1 is 0.714 bits per heavy atom. The summed E-state index contributed by atoms with van der Waals surface area (Å²) in [6.45, 7) is 0. The van der Waals surface area contributed by atoms with Crippen LogP contribution in [-0.4, -0.2) is 0 Å². The van der Waals surface area contributed by atoms with Crippen molar-refractivity contribution in [2.24, 2.45) is 0 Å². The highest BCUT2D eigenvalue weighted by atomic mass is 13.9. The molecular formula is C14H19. The molecule has 0 heterocycles. The van der Waals surface area contributed by atoms with Gasteiger partial charge in [0.15, 0.2) is 0 Å². The van der Waals surface area contributed by atoms with Crippen molar-refractivity contribution in [3.8, 4) is 0 Å². The Morgan fingerprint density at radius 3 is 2.43 bits per heavy atom. The molecule has 0 aliphatic heterocycles. The molecule has 0 saturated carbocycles. The Bertz CT molecular complexity index is 204. The Kier molecular flexibility index (Phi) is 6.74. The third-order valence-corrected chi connectivity index (χ3v) is 2.17. The van der Waals surface area contributed by atoms with E-state index in [1.54, 1.807) is 0 Å². The average molecular weight is 187 g/mol. The van der Waals surface area contributed by atoms with Gasteiger partial charge in [0.2, 0.25) is 0 Å². The van der Waals surface area contributed by atoms with Crippen LogP contribution >= 0.6 is 0 Å². The average Bonchev–Trinajstić information content (AvgIpc) is 2.22. The quantitative estimate of drug-likeness (QED) is 0.494. The van der Waals surface area contributed by atoms with Crippen LogP contribution in [0.4, 0.5) is 0 Å². The SMILES string of the molecule is [C]1=C/C=C\C=C\CCC/C=C\CCC/1. The molecule has 0 N–H and O–H groups in total. The minimum Gasteiger partial charge on any atom is -0.0885 e. The molecular weight excluding hydrogens is 168 g/mol. The van der Waals surface area contributed by atoms with Crippen LogP contribution in [0.15, 0.2) is 42.5 Å². The summed E-state index contributed by atoms with van der Waals surface area (Å²) >= 11 is 0. The molecule has 0 amide bonds. The second-order valence-corrected chi connectivity index (χ2v) is 3.48. The molecule has 1 rings (SSSR count). The van der Waals surface area contributed by atoms with Crippen LogP contribution < -0.4 is 0 Å². The minimum absolute atomic E-state index is 1.07. The zero-order valence-electron chi connectivity index (χ0n) is 8.78. The Labute approximate surface area is 87.7 Å². The molecule has 0 fully saturated rings. The van der Waals surface area contributed by atoms with Gasteiger partial charge >= 0.3 is 0 Å². The third-order valence-electron chi connectivity index (χ3n) is 2.17. The third kappa shape index (κ3) is 6.47. The molecule has 0 bridgehead atoms. The van der Waals surface area contributed by atoms with E-state index in [1.165, 1.54) is 32.1 Å². The van der Waals surface area contributed by atoms with E-state index in [4.69, 9.17) is 0 Å². The van der Waals surface area contributed by atoms with E-state index in [2.05, 4.69) is 42.5 Å². The Balaban J connectivity index is 2.35. The molecule has 0 aromatic carbocycles. The molecule has 14 heavy (non-hydrogen) atoms. The van der Waals surface area contributed by atoms with Gasteiger partial charge in [-0.1, -0.05) is 42.5 Å². The molecule has 75 valence electrons. The van der Waals surface area contributed by atoms with Gasteiger partial charge in [0, 0.05) is 0 Å². The van der Waals surface area contributed by atoms with Crippen LogP contribution in [-0.2, 0) is 0 Å². The van der Waals surface area contributed by atoms with E-state index in [9.17, 15) is 0 Å². The Morgan fingerprint density at radius 2 is 1.50 bits per heavy atom. The zero-order valence-corrected chi connectivity index (χ0v) is 8.78. The van der Waals surface area contributed by atoms with Gasteiger partial charge in [-0.25, -0.2) is 0 Å². The lowest BCUT2D eigenvalue weighted by molar-refractivity contribution is 0.834. The second kappa shape index (κ2) is 8.55. The largest absolute Gasteiger partial charge is 0.0885 e. The number of hydrogen-bond acceptors (Lipinski definition) is 0. The number of hydrogen-bond donors (Lipinski definition) is 0. The first-order chi connectivity index (χ1) is 7.00. The molecule has 0 saturated heterocycles. The van der Waals surface area contributed by atoms with E-state index in [-0.39, 0.29) is 0 Å². The van der Waals surface area contributed by atoms with Gasteiger partial charge in [-0.15, -0.1) is 0 Å². The molecule has 1 aliphatic rings. The predicted molar refractivity (Wildman–Crippen MR) is 62.9 cm³/mol. The summed E-state index contributed by atoms with van der Waals surface area (Å²) in [5.74, 6) is 0. The van der Waals surface area contributed by atoms with Crippen LogP contribution in [0.2, 0.25) is 0 Å². The molecule has 1 radical (unpaired) electrons. The second-order valence-electron chi connectivity index (χ2n) is 3.48. The summed E-state index contributed by atoms with van der Waals surface area (Å²) in [6.07, 6.45) is 25.5. The zero-order chi connectivity index (χ0) is 9.90. The Hall–Kier alpha value is -1.04. The van der Waals surface area contributed by atoms with Gasteiger partial charge < -0.3 is 0 Å². The fourth-order valence-corrected chi connectivity index (χ4v) is 1.36. The van der Waals surface area contributed by atoms with Gasteiger partial charge in [-0.3, -0.25) is 0 Å². The minimum atomic E-state index is 1.07. The van der Waals surface area contributed by atoms with Gasteiger partial charge in [-0.2, -0.15) is 0 Å². The van der Waals surface area contributed by atoms with Crippen molar-refractivity contribution in [1.82, 2.24) is 0 Å². The maximum atomic E-state index is 3.26. The number of allylic oxidation sites excluding steroid dienone is 8. The van der Waals surface area contributed by atoms with Gasteiger partial charge in [-0.05, 0) is 44.6 Å². The van der Waals surface area contributed by atoms with E-state index < -0.39 is 0 Å². The highest BCUT2D eigenvalue weighted by Crippen LogP contribution is 2.02. The fourth-order valence-electron chi connectivity index (χ4n) is 1.36. The van der Waals surface area contributed by atoms with Crippen molar-refractivity contribution in [2.75, 3.05) is 0 Å². The summed E-state index contributed by atoms with van der Waals surface area (Å²) in [6, 6.07) is 0. The lowest BCUT2D eigenvalue weighted by atomic mass is 10.1. The van der Waals surface area contributed by atoms with Gasteiger partial charge in [0.05, 0.1) is 0 Å². The molecule has 0 aromatic rings. The predicted octanol–water partition coefficient (Wildman–Crippen LogP) is 4.37. The molecule has 0 unspecified atom stereocenters. The van der Waals surface area contributed by atoms with E-state index in [0.29, 0.717) is 0 Å². The van der Waals surface area contributed by atoms with E-state index in [1.807, 2.05) is 6.08 Å². The van der Waals surface area contributed by atoms with Crippen molar-refractivity contribution < 1.29 is 0 Å². The van der Waals surface area contributed by atoms with Crippen LogP contribution in [0.3, 0.4) is 0 Å². The first kappa shape index (κ1) is 11.0. The lowest BCUT2D eigenvalue weighted by Crippen LogP contribution is -1.72. The first-order valence-corrected chi connectivity index (χ1v) is 5.53. The van der Waals surface area contributed by atoms with Crippen molar-refractivity contribution in [3.63, 3.8) is 0 Å². The van der Waals surface area contributed by atoms with Crippen LogP contribution in [0.5, 0.6) is 0 Å². The molecule has 0 nitrogen and oxygen atoms in total. The molecule has 0 aromatic heterocycles. The van der Waals surface area contributed by atoms with Crippen LogP contribution in [0, 0.1) is 6.08 Å². The molecule has 0 heteroatoms. The lowest BCUT2D eigenvalue weighted by Gasteiger charge is -1.92. The summed E-state index contributed by atoms with van der Waals surface area (Å²) in [5.41, 5.74) is 0. The van der Waals surface area contributed by atoms with Gasteiger partial charge in [0.25, 0.3) is 0 Å².